The van der Waals surface area contributed by atoms with E-state index in [2.05, 4.69) is 0 Å². The van der Waals surface area contributed by atoms with E-state index in [1.807, 2.05) is 26.0 Å². The van der Waals surface area contributed by atoms with Crippen LogP contribution in [0.1, 0.15) is 19.4 Å². The molecule has 0 saturated heterocycles. The average Bonchev–Trinajstić information content (AvgIpc) is 2.49. The number of rotatable bonds is 0. The summed E-state index contributed by atoms with van der Waals surface area (Å²) < 4.78 is 11.5. The van der Waals surface area contributed by atoms with E-state index in [0.717, 1.165) is 0 Å². The van der Waals surface area contributed by atoms with Gasteiger partial charge >= 0.3 is 0 Å². The Morgan fingerprint density at radius 1 is 1.14 bits per heavy atom. The molecule has 1 aliphatic heterocycles. The fourth-order valence-corrected chi connectivity index (χ4v) is 2.74. The molecule has 0 atom stereocenters. The van der Waals surface area contributed by atoms with Crippen LogP contribution in [0, 0.1) is 0 Å². The lowest BCUT2D eigenvalue weighted by Gasteiger charge is -2.28. The molecule has 1 aliphatic rings. The molecule has 0 spiro atoms. The molecule has 0 amide bonds. The van der Waals surface area contributed by atoms with Crippen LogP contribution in [0.4, 0.5) is 0 Å². The number of fused-ring (bicyclic) bond motifs is 3. The quantitative estimate of drug-likeness (QED) is 0.640. The molecule has 0 aliphatic carbocycles. The number of benzene rings is 2. The third-order valence-electron chi connectivity index (χ3n) is 3.85. The van der Waals surface area contributed by atoms with Crippen molar-refractivity contribution >= 4 is 28.0 Å². The topological polar surface area (TPSA) is 59.7 Å². The maximum absolute atomic E-state index is 12.6. The van der Waals surface area contributed by atoms with Gasteiger partial charge in [-0.2, -0.15) is 0 Å². The van der Waals surface area contributed by atoms with Crippen molar-refractivity contribution in [2.45, 2.75) is 19.4 Å². The Labute approximate surface area is 126 Å². The second-order valence-electron chi connectivity index (χ2n) is 5.99. The number of para-hydroxylation sites is 1. The molecule has 0 radical (unpaired) electrons. The second-order valence-corrected chi connectivity index (χ2v) is 5.99. The van der Waals surface area contributed by atoms with Gasteiger partial charge in [0.15, 0.2) is 11.3 Å². The summed E-state index contributed by atoms with van der Waals surface area (Å²) in [5.74, 6) is 0.214. The number of ether oxygens (including phenoxy) is 1. The summed E-state index contributed by atoms with van der Waals surface area (Å²) in [6, 6.07) is 8.70. The largest absolute Gasteiger partial charge is 0.502 e. The van der Waals surface area contributed by atoms with Gasteiger partial charge in [0.1, 0.15) is 11.2 Å². The van der Waals surface area contributed by atoms with Crippen LogP contribution in [0.2, 0.25) is 0 Å². The van der Waals surface area contributed by atoms with Gasteiger partial charge in [0.25, 0.3) is 0 Å². The van der Waals surface area contributed by atoms with E-state index >= 15 is 0 Å². The first-order valence-electron chi connectivity index (χ1n) is 7.06. The van der Waals surface area contributed by atoms with Crippen LogP contribution in [-0.2, 0) is 0 Å². The monoisotopic (exact) mass is 294 g/mol. The third-order valence-corrected chi connectivity index (χ3v) is 3.85. The summed E-state index contributed by atoms with van der Waals surface area (Å²) in [7, 11) is 0. The SMILES string of the molecule is CC1(C)C=Cc2cc3c(=O)c4ccccc4oc3c(O)c2O1. The minimum atomic E-state index is -0.519. The third kappa shape index (κ3) is 1.73. The first-order chi connectivity index (χ1) is 10.5. The highest BCUT2D eigenvalue weighted by Gasteiger charge is 2.27. The lowest BCUT2D eigenvalue weighted by atomic mass is 10.00. The van der Waals surface area contributed by atoms with Gasteiger partial charge in [-0.05, 0) is 38.1 Å². The zero-order valence-corrected chi connectivity index (χ0v) is 12.2. The number of phenols is 1. The summed E-state index contributed by atoms with van der Waals surface area (Å²) in [5.41, 5.74) is 0.601. The predicted octanol–water partition coefficient (Wildman–Crippen LogP) is 3.84. The van der Waals surface area contributed by atoms with E-state index in [9.17, 15) is 9.90 Å². The molecule has 2 aromatic carbocycles. The van der Waals surface area contributed by atoms with Crippen molar-refractivity contribution < 1.29 is 14.3 Å². The summed E-state index contributed by atoms with van der Waals surface area (Å²) in [6.45, 7) is 3.79. The van der Waals surface area contributed by atoms with E-state index in [-0.39, 0.29) is 16.8 Å². The summed E-state index contributed by atoms with van der Waals surface area (Å²) in [5, 5.41) is 11.4. The van der Waals surface area contributed by atoms with Crippen molar-refractivity contribution in [3.8, 4) is 11.5 Å². The Morgan fingerprint density at radius 3 is 2.73 bits per heavy atom. The normalized spacial score (nSPS) is 15.7. The van der Waals surface area contributed by atoms with Crippen molar-refractivity contribution in [3.63, 3.8) is 0 Å². The zero-order chi connectivity index (χ0) is 15.5. The van der Waals surface area contributed by atoms with Gasteiger partial charge in [0.2, 0.25) is 11.2 Å². The molecule has 110 valence electrons. The molecule has 4 rings (SSSR count). The van der Waals surface area contributed by atoms with Crippen molar-refractivity contribution in [1.82, 2.24) is 0 Å². The van der Waals surface area contributed by atoms with Crippen molar-refractivity contribution in [2.24, 2.45) is 0 Å². The van der Waals surface area contributed by atoms with E-state index in [4.69, 9.17) is 9.15 Å². The number of phenolic OH excluding ortho intramolecular Hbond substituents is 1. The lowest BCUT2D eigenvalue weighted by Crippen LogP contribution is -2.27. The molecule has 22 heavy (non-hydrogen) atoms. The lowest BCUT2D eigenvalue weighted by molar-refractivity contribution is 0.153. The Bertz CT molecular complexity index is 1010. The predicted molar refractivity (Wildman–Crippen MR) is 85.4 cm³/mol. The average molecular weight is 294 g/mol. The number of hydrogen-bond acceptors (Lipinski definition) is 4. The minimum Gasteiger partial charge on any atom is -0.502 e. The molecule has 1 N–H and O–H groups in total. The highest BCUT2D eigenvalue weighted by Crippen LogP contribution is 2.43. The van der Waals surface area contributed by atoms with Crippen molar-refractivity contribution in [1.29, 1.82) is 0 Å². The molecule has 0 unspecified atom stereocenters. The fraction of sp³-hybridized carbons (Fsp3) is 0.167. The summed E-state index contributed by atoms with van der Waals surface area (Å²) >= 11 is 0. The van der Waals surface area contributed by atoms with Crippen molar-refractivity contribution in [2.75, 3.05) is 0 Å². The Kier molecular flexibility index (Phi) is 2.43. The summed E-state index contributed by atoms with van der Waals surface area (Å²) in [4.78, 5) is 12.6. The number of hydrogen-bond donors (Lipinski definition) is 1. The molecule has 4 heteroatoms. The molecule has 1 aromatic heterocycles. The smallest absolute Gasteiger partial charge is 0.202 e. The van der Waals surface area contributed by atoms with Crippen LogP contribution in [0.25, 0.3) is 28.0 Å². The van der Waals surface area contributed by atoms with Gasteiger partial charge in [-0.3, -0.25) is 4.79 Å². The Morgan fingerprint density at radius 2 is 1.91 bits per heavy atom. The maximum Gasteiger partial charge on any atom is 0.202 e. The van der Waals surface area contributed by atoms with Crippen molar-refractivity contribution in [3.05, 3.63) is 52.2 Å². The highest BCUT2D eigenvalue weighted by molar-refractivity contribution is 5.95. The first kappa shape index (κ1) is 13.0. The van der Waals surface area contributed by atoms with Crippen LogP contribution in [0.5, 0.6) is 11.5 Å². The molecular weight excluding hydrogens is 280 g/mol. The van der Waals surface area contributed by atoms with Crippen LogP contribution in [0.15, 0.2) is 45.6 Å². The first-order valence-corrected chi connectivity index (χ1v) is 7.06. The number of aromatic hydroxyl groups is 1. The minimum absolute atomic E-state index is 0.132. The Balaban J connectivity index is 2.16. The van der Waals surface area contributed by atoms with E-state index in [0.29, 0.717) is 27.7 Å². The van der Waals surface area contributed by atoms with Crippen LogP contribution >= 0.6 is 0 Å². The van der Waals surface area contributed by atoms with Crippen LogP contribution in [0.3, 0.4) is 0 Å². The Hall–Kier alpha value is -2.75. The second kappa shape index (κ2) is 4.13. The zero-order valence-electron chi connectivity index (χ0n) is 12.2. The van der Waals surface area contributed by atoms with Crippen LogP contribution in [-0.4, -0.2) is 10.7 Å². The molecule has 0 fully saturated rings. The van der Waals surface area contributed by atoms with Gasteiger partial charge in [-0.25, -0.2) is 0 Å². The molecule has 2 heterocycles. The molecular formula is C18H14O4. The maximum atomic E-state index is 12.6. The molecule has 4 nitrogen and oxygen atoms in total. The fourth-order valence-electron chi connectivity index (χ4n) is 2.74. The van der Waals surface area contributed by atoms with Gasteiger partial charge in [0.05, 0.1) is 10.8 Å². The molecule has 3 aromatic rings. The molecule has 0 saturated carbocycles. The van der Waals surface area contributed by atoms with Gasteiger partial charge < -0.3 is 14.3 Å². The standard InChI is InChI=1S/C18H14O4/c1-18(2)8-7-10-9-12-14(19)11-5-3-4-6-13(11)21-17(12)15(20)16(10)22-18/h3-9,20H,1-2H3. The van der Waals surface area contributed by atoms with Gasteiger partial charge in [-0.15, -0.1) is 0 Å². The summed E-state index contributed by atoms with van der Waals surface area (Å²) in [6.07, 6.45) is 3.75. The van der Waals surface area contributed by atoms with E-state index in [1.165, 1.54) is 0 Å². The van der Waals surface area contributed by atoms with E-state index < -0.39 is 5.60 Å². The van der Waals surface area contributed by atoms with E-state index in [1.54, 1.807) is 30.3 Å². The van der Waals surface area contributed by atoms with Gasteiger partial charge in [0, 0.05) is 5.56 Å². The van der Waals surface area contributed by atoms with Gasteiger partial charge in [-0.1, -0.05) is 18.2 Å². The highest BCUT2D eigenvalue weighted by atomic mass is 16.5. The molecule has 0 bridgehead atoms. The van der Waals surface area contributed by atoms with Crippen LogP contribution < -0.4 is 10.2 Å².